The molecule has 0 saturated carbocycles. The summed E-state index contributed by atoms with van der Waals surface area (Å²) in [5.74, 6) is 1.04. The molecule has 0 aliphatic rings. The molecule has 0 bridgehead atoms. The lowest BCUT2D eigenvalue weighted by Gasteiger charge is -2.13. The molecule has 4 heteroatoms. The summed E-state index contributed by atoms with van der Waals surface area (Å²) < 4.78 is 24.3. The first-order valence-electron chi connectivity index (χ1n) is 6.30. The zero-order valence-electron chi connectivity index (χ0n) is 11.6. The van der Waals surface area contributed by atoms with Crippen molar-refractivity contribution in [1.29, 1.82) is 0 Å². The van der Waals surface area contributed by atoms with E-state index in [9.17, 15) is 4.39 Å². The molecule has 106 valence electrons. The van der Waals surface area contributed by atoms with Gasteiger partial charge in [0.1, 0.15) is 11.6 Å². The number of halogens is 1. The van der Waals surface area contributed by atoms with Gasteiger partial charge in [0.15, 0.2) is 6.79 Å². The van der Waals surface area contributed by atoms with Crippen LogP contribution >= 0.6 is 11.8 Å². The second-order valence-corrected chi connectivity index (χ2v) is 5.35. The second kappa shape index (κ2) is 7.31. The zero-order chi connectivity index (χ0) is 14.4. The van der Waals surface area contributed by atoms with Gasteiger partial charge in [-0.3, -0.25) is 0 Å². The molecular formula is C16H17FO2S. The van der Waals surface area contributed by atoms with Gasteiger partial charge in [0.05, 0.1) is 0 Å². The molecule has 0 aliphatic heterocycles. The Hall–Kier alpha value is -1.52. The van der Waals surface area contributed by atoms with Crippen molar-refractivity contribution in [3.05, 3.63) is 59.4 Å². The predicted molar refractivity (Wildman–Crippen MR) is 79.6 cm³/mol. The number of methoxy groups -OCH3 is 1. The number of ether oxygens (including phenoxy) is 2. The van der Waals surface area contributed by atoms with E-state index in [-0.39, 0.29) is 12.6 Å². The van der Waals surface area contributed by atoms with E-state index in [1.807, 2.05) is 37.3 Å². The minimum atomic E-state index is -0.198. The number of hydrogen-bond acceptors (Lipinski definition) is 3. The van der Waals surface area contributed by atoms with Crippen LogP contribution in [0.1, 0.15) is 11.1 Å². The Morgan fingerprint density at radius 1 is 1.10 bits per heavy atom. The summed E-state index contributed by atoms with van der Waals surface area (Å²) in [7, 11) is 1.56. The van der Waals surface area contributed by atoms with Crippen molar-refractivity contribution in [2.45, 2.75) is 17.6 Å². The van der Waals surface area contributed by atoms with Crippen LogP contribution in [0.3, 0.4) is 0 Å². The normalized spacial score (nSPS) is 10.6. The molecule has 0 unspecified atom stereocenters. The average molecular weight is 292 g/mol. The van der Waals surface area contributed by atoms with Gasteiger partial charge in [0.2, 0.25) is 0 Å². The monoisotopic (exact) mass is 292 g/mol. The molecule has 0 fully saturated rings. The highest BCUT2D eigenvalue weighted by molar-refractivity contribution is 7.98. The second-order valence-electron chi connectivity index (χ2n) is 4.30. The van der Waals surface area contributed by atoms with Crippen molar-refractivity contribution in [2.75, 3.05) is 13.9 Å². The van der Waals surface area contributed by atoms with Crippen LogP contribution in [0.25, 0.3) is 0 Å². The molecule has 2 aromatic carbocycles. The lowest BCUT2D eigenvalue weighted by molar-refractivity contribution is 0.0505. The van der Waals surface area contributed by atoms with Gasteiger partial charge in [-0.1, -0.05) is 18.2 Å². The number of benzene rings is 2. The maximum atomic E-state index is 14.0. The van der Waals surface area contributed by atoms with Crippen LogP contribution in [0, 0.1) is 12.7 Å². The fourth-order valence-electron chi connectivity index (χ4n) is 1.83. The Balaban J connectivity index is 2.14. The molecule has 0 N–H and O–H groups in total. The van der Waals surface area contributed by atoms with E-state index < -0.39 is 0 Å². The fraction of sp³-hybridized carbons (Fsp3) is 0.250. The van der Waals surface area contributed by atoms with Crippen LogP contribution in [0.2, 0.25) is 0 Å². The Labute approximate surface area is 122 Å². The summed E-state index contributed by atoms with van der Waals surface area (Å²) in [4.78, 5) is 1.12. The van der Waals surface area contributed by atoms with E-state index in [4.69, 9.17) is 9.47 Å². The Bertz CT molecular complexity index is 558. The standard InChI is InChI=1S/C16H17FO2S/c1-12-14(10-20-13-6-4-3-5-7-13)15(17)8-9-16(12)19-11-18-2/h3-9H,10-11H2,1-2H3. The van der Waals surface area contributed by atoms with Crippen molar-refractivity contribution in [2.24, 2.45) is 0 Å². The molecule has 0 spiro atoms. The first kappa shape index (κ1) is 14.9. The fourth-order valence-corrected chi connectivity index (χ4v) is 2.85. The van der Waals surface area contributed by atoms with Gasteiger partial charge in [-0.2, -0.15) is 0 Å². The van der Waals surface area contributed by atoms with E-state index >= 15 is 0 Å². The molecular weight excluding hydrogens is 275 g/mol. The van der Waals surface area contributed by atoms with Crippen molar-refractivity contribution >= 4 is 11.8 Å². The van der Waals surface area contributed by atoms with Gasteiger partial charge in [0, 0.05) is 23.3 Å². The van der Waals surface area contributed by atoms with Crippen molar-refractivity contribution in [3.63, 3.8) is 0 Å². The van der Waals surface area contributed by atoms with E-state index in [1.54, 1.807) is 24.9 Å². The van der Waals surface area contributed by atoms with Crippen LogP contribution in [-0.4, -0.2) is 13.9 Å². The maximum absolute atomic E-state index is 14.0. The molecule has 2 rings (SSSR count). The first-order chi connectivity index (χ1) is 9.72. The van der Waals surface area contributed by atoms with Crippen LogP contribution in [-0.2, 0) is 10.5 Å². The summed E-state index contributed by atoms with van der Waals surface area (Å²) >= 11 is 1.61. The molecule has 0 radical (unpaired) electrons. The van der Waals surface area contributed by atoms with Crippen LogP contribution in [0.4, 0.5) is 4.39 Å². The molecule has 0 heterocycles. The van der Waals surface area contributed by atoms with Crippen LogP contribution < -0.4 is 4.74 Å². The van der Waals surface area contributed by atoms with Gasteiger partial charge < -0.3 is 9.47 Å². The van der Waals surface area contributed by atoms with E-state index in [0.29, 0.717) is 17.1 Å². The molecule has 2 aromatic rings. The smallest absolute Gasteiger partial charge is 0.188 e. The maximum Gasteiger partial charge on any atom is 0.188 e. The number of hydrogen-bond donors (Lipinski definition) is 0. The summed E-state index contributed by atoms with van der Waals surface area (Å²) in [6, 6.07) is 13.0. The summed E-state index contributed by atoms with van der Waals surface area (Å²) in [6.07, 6.45) is 0. The lowest BCUT2D eigenvalue weighted by atomic mass is 10.1. The molecule has 0 aromatic heterocycles. The zero-order valence-corrected chi connectivity index (χ0v) is 12.4. The quantitative estimate of drug-likeness (QED) is 0.580. The van der Waals surface area contributed by atoms with Gasteiger partial charge in [-0.25, -0.2) is 4.39 Å². The van der Waals surface area contributed by atoms with E-state index in [0.717, 1.165) is 10.5 Å². The Kier molecular flexibility index (Phi) is 5.44. The first-order valence-corrected chi connectivity index (χ1v) is 7.28. The largest absolute Gasteiger partial charge is 0.467 e. The molecule has 20 heavy (non-hydrogen) atoms. The Morgan fingerprint density at radius 3 is 2.55 bits per heavy atom. The minimum absolute atomic E-state index is 0.164. The number of thioether (sulfide) groups is 1. The topological polar surface area (TPSA) is 18.5 Å². The molecule has 2 nitrogen and oxygen atoms in total. The Morgan fingerprint density at radius 2 is 1.85 bits per heavy atom. The molecule has 0 atom stereocenters. The van der Waals surface area contributed by atoms with Crippen LogP contribution in [0.5, 0.6) is 5.75 Å². The SMILES string of the molecule is COCOc1ccc(F)c(CSc2ccccc2)c1C. The predicted octanol–water partition coefficient (Wildman–Crippen LogP) is 4.41. The van der Waals surface area contributed by atoms with Crippen molar-refractivity contribution in [3.8, 4) is 5.75 Å². The molecule has 0 aliphatic carbocycles. The van der Waals surface area contributed by atoms with Gasteiger partial charge >= 0.3 is 0 Å². The van der Waals surface area contributed by atoms with E-state index in [2.05, 4.69) is 0 Å². The minimum Gasteiger partial charge on any atom is -0.467 e. The third-order valence-corrected chi connectivity index (χ3v) is 3.99. The summed E-state index contributed by atoms with van der Waals surface area (Å²) in [5, 5.41) is 0. The third kappa shape index (κ3) is 3.74. The van der Waals surface area contributed by atoms with Crippen molar-refractivity contribution in [1.82, 2.24) is 0 Å². The van der Waals surface area contributed by atoms with Gasteiger partial charge in [0.25, 0.3) is 0 Å². The summed E-state index contributed by atoms with van der Waals surface area (Å²) in [5.41, 5.74) is 1.50. The highest BCUT2D eigenvalue weighted by Crippen LogP contribution is 2.30. The highest BCUT2D eigenvalue weighted by atomic mass is 32.2. The lowest BCUT2D eigenvalue weighted by Crippen LogP contribution is -2.03. The average Bonchev–Trinajstić information content (AvgIpc) is 2.47. The highest BCUT2D eigenvalue weighted by Gasteiger charge is 2.11. The number of rotatable bonds is 6. The van der Waals surface area contributed by atoms with Gasteiger partial charge in [-0.05, 0) is 36.8 Å². The van der Waals surface area contributed by atoms with Crippen LogP contribution in [0.15, 0.2) is 47.4 Å². The third-order valence-electron chi connectivity index (χ3n) is 2.95. The van der Waals surface area contributed by atoms with Gasteiger partial charge in [-0.15, -0.1) is 11.8 Å². The molecule has 0 amide bonds. The molecule has 0 saturated heterocycles. The summed E-state index contributed by atoms with van der Waals surface area (Å²) in [6.45, 7) is 2.03. The van der Waals surface area contributed by atoms with Crippen molar-refractivity contribution < 1.29 is 13.9 Å². The van der Waals surface area contributed by atoms with E-state index in [1.165, 1.54) is 6.07 Å².